The highest BCUT2D eigenvalue weighted by Crippen LogP contribution is 2.35. The van der Waals surface area contributed by atoms with Crippen LogP contribution in [0, 0.1) is 11.7 Å². The molecule has 1 aliphatic rings. The standard InChI is InChI=1S/C22H22FNS.H2/c1-16-2-9-19(10-3-16)20-11-6-17(7-12-20)4-5-18-8-13-22(24-15-25)21(23)14-18;/h4-8,11-14,16,19H,2-3,9-10H2,1H3;1H. The Kier molecular flexibility index (Phi) is 5.91. The molecule has 0 aromatic heterocycles. The summed E-state index contributed by atoms with van der Waals surface area (Å²) in [5.74, 6) is 1.19. The van der Waals surface area contributed by atoms with Gasteiger partial charge >= 0.3 is 0 Å². The molecule has 0 heterocycles. The van der Waals surface area contributed by atoms with Crippen molar-refractivity contribution in [3.63, 3.8) is 0 Å². The molecule has 0 radical (unpaired) electrons. The Bertz CT molecular complexity index is 801. The predicted octanol–water partition coefficient (Wildman–Crippen LogP) is 7.27. The zero-order chi connectivity index (χ0) is 17.6. The van der Waals surface area contributed by atoms with Crippen molar-refractivity contribution in [1.29, 1.82) is 0 Å². The molecule has 0 unspecified atom stereocenters. The van der Waals surface area contributed by atoms with Crippen LogP contribution in [0.5, 0.6) is 0 Å². The third-order valence-corrected chi connectivity index (χ3v) is 5.12. The lowest BCUT2D eigenvalue weighted by Crippen LogP contribution is -2.10. The van der Waals surface area contributed by atoms with E-state index < -0.39 is 0 Å². The molecular weight excluding hydrogens is 329 g/mol. The second-order valence-electron chi connectivity index (χ2n) is 6.87. The second kappa shape index (κ2) is 8.33. The van der Waals surface area contributed by atoms with Gasteiger partial charge < -0.3 is 0 Å². The summed E-state index contributed by atoms with van der Waals surface area (Å²) in [5.41, 5.74) is 3.58. The lowest BCUT2D eigenvalue weighted by Gasteiger charge is -2.26. The minimum absolute atomic E-state index is 0. The molecule has 0 saturated heterocycles. The van der Waals surface area contributed by atoms with E-state index in [9.17, 15) is 4.39 Å². The molecule has 1 fully saturated rings. The molecular formula is C22H24FNS. The zero-order valence-corrected chi connectivity index (χ0v) is 15.2. The molecule has 0 N–H and O–H groups in total. The summed E-state index contributed by atoms with van der Waals surface area (Å²) in [6, 6.07) is 13.6. The summed E-state index contributed by atoms with van der Waals surface area (Å²) in [5, 5.41) is 2.19. The molecule has 0 spiro atoms. The Morgan fingerprint density at radius 1 is 1.04 bits per heavy atom. The zero-order valence-electron chi connectivity index (χ0n) is 14.4. The number of isothiocyanates is 1. The van der Waals surface area contributed by atoms with Crippen LogP contribution in [0.15, 0.2) is 47.5 Å². The van der Waals surface area contributed by atoms with E-state index in [1.807, 2.05) is 18.2 Å². The van der Waals surface area contributed by atoms with E-state index in [4.69, 9.17) is 0 Å². The van der Waals surface area contributed by atoms with Crippen molar-refractivity contribution in [1.82, 2.24) is 0 Å². The normalized spacial score (nSPS) is 20.4. The summed E-state index contributed by atoms with van der Waals surface area (Å²) in [7, 11) is 0. The molecule has 25 heavy (non-hydrogen) atoms. The van der Waals surface area contributed by atoms with Gasteiger partial charge in [-0.05, 0) is 65.7 Å². The first kappa shape index (κ1) is 17.7. The third kappa shape index (κ3) is 4.72. The number of nitrogens with zero attached hydrogens (tertiary/aromatic N) is 1. The average molecular weight is 354 g/mol. The maximum Gasteiger partial charge on any atom is 0.150 e. The minimum Gasteiger partial charge on any atom is -0.205 e. The largest absolute Gasteiger partial charge is 0.205 e. The van der Waals surface area contributed by atoms with Crippen molar-refractivity contribution in [2.24, 2.45) is 10.9 Å². The number of rotatable bonds is 4. The Hall–Kier alpha value is -2.09. The summed E-state index contributed by atoms with van der Waals surface area (Å²) in [6.07, 6.45) is 9.18. The second-order valence-corrected chi connectivity index (χ2v) is 7.05. The van der Waals surface area contributed by atoms with Gasteiger partial charge in [0.1, 0.15) is 11.5 Å². The van der Waals surface area contributed by atoms with Crippen LogP contribution in [-0.2, 0) is 0 Å². The maximum atomic E-state index is 13.8. The quantitative estimate of drug-likeness (QED) is 0.320. The van der Waals surface area contributed by atoms with Crippen LogP contribution >= 0.6 is 12.2 Å². The number of hydrogen-bond acceptors (Lipinski definition) is 2. The van der Waals surface area contributed by atoms with Gasteiger partial charge in [0.25, 0.3) is 0 Å². The van der Waals surface area contributed by atoms with Crippen molar-refractivity contribution in [2.75, 3.05) is 0 Å². The molecule has 130 valence electrons. The van der Waals surface area contributed by atoms with Crippen molar-refractivity contribution in [3.05, 3.63) is 65.0 Å². The number of benzene rings is 2. The van der Waals surface area contributed by atoms with Crippen molar-refractivity contribution in [3.8, 4) is 0 Å². The van der Waals surface area contributed by atoms with E-state index in [0.717, 1.165) is 17.0 Å². The van der Waals surface area contributed by atoms with Crippen LogP contribution in [0.3, 0.4) is 0 Å². The van der Waals surface area contributed by atoms with Crippen LogP contribution in [0.25, 0.3) is 12.2 Å². The average Bonchev–Trinajstić information content (AvgIpc) is 2.63. The van der Waals surface area contributed by atoms with E-state index in [2.05, 4.69) is 53.6 Å². The highest BCUT2D eigenvalue weighted by molar-refractivity contribution is 7.78. The molecule has 0 aliphatic heterocycles. The Morgan fingerprint density at radius 2 is 1.68 bits per heavy atom. The summed E-state index contributed by atoms with van der Waals surface area (Å²) in [4.78, 5) is 3.69. The monoisotopic (exact) mass is 353 g/mol. The molecule has 0 bridgehead atoms. The fourth-order valence-electron chi connectivity index (χ4n) is 3.43. The van der Waals surface area contributed by atoms with Gasteiger partial charge in [0.15, 0.2) is 0 Å². The van der Waals surface area contributed by atoms with Crippen LogP contribution < -0.4 is 0 Å². The Labute approximate surface area is 155 Å². The molecule has 0 amide bonds. The van der Waals surface area contributed by atoms with Gasteiger partial charge in [-0.3, -0.25) is 0 Å². The SMILES string of the molecule is CC1CCC(c2ccc(C=Cc3ccc(N=C=S)c(F)c3)cc2)CC1.[HH]. The summed E-state index contributed by atoms with van der Waals surface area (Å²) < 4.78 is 13.8. The first-order valence-corrected chi connectivity index (χ1v) is 9.22. The fraction of sp³-hybridized carbons (Fsp3) is 0.318. The van der Waals surface area contributed by atoms with Crippen LogP contribution in [0.2, 0.25) is 0 Å². The number of thiocarbonyl (C=S) groups is 1. The van der Waals surface area contributed by atoms with Crippen LogP contribution in [0.1, 0.15) is 56.6 Å². The minimum atomic E-state index is -0.388. The number of hydrogen-bond donors (Lipinski definition) is 0. The molecule has 2 aromatic carbocycles. The summed E-state index contributed by atoms with van der Waals surface area (Å²) in [6.45, 7) is 2.35. The number of halogens is 1. The van der Waals surface area contributed by atoms with Gasteiger partial charge in [0.05, 0.1) is 5.16 Å². The van der Waals surface area contributed by atoms with Gasteiger partial charge in [-0.1, -0.05) is 62.2 Å². The third-order valence-electron chi connectivity index (χ3n) is 5.03. The predicted molar refractivity (Wildman–Crippen MR) is 109 cm³/mol. The van der Waals surface area contributed by atoms with Crippen LogP contribution in [-0.4, -0.2) is 5.16 Å². The van der Waals surface area contributed by atoms with E-state index in [1.54, 1.807) is 6.07 Å². The summed E-state index contributed by atoms with van der Waals surface area (Å²) >= 11 is 4.51. The maximum absolute atomic E-state index is 13.8. The van der Waals surface area contributed by atoms with E-state index in [0.29, 0.717) is 5.92 Å². The van der Waals surface area contributed by atoms with Gasteiger partial charge in [-0.25, -0.2) is 4.39 Å². The Balaban J connectivity index is 0.00000243. The highest BCUT2D eigenvalue weighted by atomic mass is 32.1. The topological polar surface area (TPSA) is 12.4 Å². The van der Waals surface area contributed by atoms with Crippen LogP contribution in [0.4, 0.5) is 10.1 Å². The van der Waals surface area contributed by atoms with E-state index in [1.165, 1.54) is 37.3 Å². The van der Waals surface area contributed by atoms with E-state index in [-0.39, 0.29) is 12.9 Å². The number of aliphatic imine (C=N–C) groups is 1. The molecule has 0 atom stereocenters. The molecule has 3 rings (SSSR count). The Morgan fingerprint density at radius 3 is 2.32 bits per heavy atom. The highest BCUT2D eigenvalue weighted by Gasteiger charge is 2.19. The lowest BCUT2D eigenvalue weighted by atomic mass is 9.79. The first-order valence-electron chi connectivity index (χ1n) is 8.81. The molecule has 2 aromatic rings. The van der Waals surface area contributed by atoms with Gasteiger partial charge in [-0.15, -0.1) is 0 Å². The fourth-order valence-corrected chi connectivity index (χ4v) is 3.53. The van der Waals surface area contributed by atoms with E-state index >= 15 is 0 Å². The van der Waals surface area contributed by atoms with Gasteiger partial charge in [0.2, 0.25) is 0 Å². The molecule has 1 saturated carbocycles. The molecule has 1 aliphatic carbocycles. The first-order chi connectivity index (χ1) is 12.2. The molecule has 1 nitrogen and oxygen atoms in total. The van der Waals surface area contributed by atoms with Gasteiger partial charge in [0, 0.05) is 1.43 Å². The lowest BCUT2D eigenvalue weighted by molar-refractivity contribution is 0.348. The van der Waals surface area contributed by atoms with Gasteiger partial charge in [-0.2, -0.15) is 4.99 Å². The molecule has 3 heteroatoms. The van der Waals surface area contributed by atoms with Crippen molar-refractivity contribution in [2.45, 2.75) is 38.5 Å². The van der Waals surface area contributed by atoms with Crippen molar-refractivity contribution < 1.29 is 5.82 Å². The van der Waals surface area contributed by atoms with Crippen molar-refractivity contribution >= 4 is 35.2 Å². The smallest absolute Gasteiger partial charge is 0.150 e.